The lowest BCUT2D eigenvalue weighted by molar-refractivity contribution is -0.287. The maximum atomic E-state index is 9.25. The first-order valence-corrected chi connectivity index (χ1v) is 8.66. The van der Waals surface area contributed by atoms with E-state index in [9.17, 15) is 5.21 Å². The van der Waals surface area contributed by atoms with E-state index in [-0.39, 0.29) is 17.1 Å². The molecule has 126 valence electrons. The Labute approximate surface area is 131 Å². The number of piperidine rings is 1. The van der Waals surface area contributed by atoms with Gasteiger partial charge in [-0.3, -0.25) is 4.84 Å². The summed E-state index contributed by atoms with van der Waals surface area (Å²) in [6, 6.07) is 0.142. The SMILES string of the molecule is CCCCCCCCON1C(C)(C)CC(NO)CC1(C)C. The van der Waals surface area contributed by atoms with Crippen molar-refractivity contribution in [3.05, 3.63) is 0 Å². The van der Waals surface area contributed by atoms with E-state index in [1.165, 1.54) is 32.1 Å². The largest absolute Gasteiger partial charge is 0.317 e. The van der Waals surface area contributed by atoms with Crippen LogP contribution >= 0.6 is 0 Å². The van der Waals surface area contributed by atoms with Crippen LogP contribution in [0.3, 0.4) is 0 Å². The Morgan fingerprint density at radius 1 is 1.00 bits per heavy atom. The van der Waals surface area contributed by atoms with Gasteiger partial charge in [0.15, 0.2) is 0 Å². The summed E-state index contributed by atoms with van der Waals surface area (Å²) in [6.07, 6.45) is 9.49. The summed E-state index contributed by atoms with van der Waals surface area (Å²) in [6.45, 7) is 11.8. The van der Waals surface area contributed by atoms with Crippen LogP contribution in [0.2, 0.25) is 0 Å². The molecule has 2 N–H and O–H groups in total. The van der Waals surface area contributed by atoms with E-state index in [1.807, 2.05) is 0 Å². The normalized spacial score (nSPS) is 22.6. The van der Waals surface area contributed by atoms with Crippen molar-refractivity contribution in [1.82, 2.24) is 10.5 Å². The fraction of sp³-hybridized carbons (Fsp3) is 1.00. The molecule has 0 aliphatic carbocycles. The smallest absolute Gasteiger partial charge is 0.0685 e. The summed E-state index contributed by atoms with van der Waals surface area (Å²) in [5, 5.41) is 11.4. The fourth-order valence-electron chi connectivity index (χ4n) is 3.74. The lowest BCUT2D eigenvalue weighted by atomic mass is 9.79. The molecule has 0 saturated carbocycles. The average Bonchev–Trinajstić information content (AvgIpc) is 2.38. The van der Waals surface area contributed by atoms with Gasteiger partial charge in [0.1, 0.15) is 0 Å². The molecule has 0 aromatic heterocycles. The molecule has 4 heteroatoms. The van der Waals surface area contributed by atoms with Crippen molar-refractivity contribution >= 4 is 0 Å². The topological polar surface area (TPSA) is 44.7 Å². The minimum atomic E-state index is -0.0651. The van der Waals surface area contributed by atoms with Gasteiger partial charge in [0.05, 0.1) is 6.61 Å². The van der Waals surface area contributed by atoms with Crippen molar-refractivity contribution < 1.29 is 10.0 Å². The van der Waals surface area contributed by atoms with Crippen LogP contribution in [0.15, 0.2) is 0 Å². The summed E-state index contributed by atoms with van der Waals surface area (Å²) < 4.78 is 0. The molecule has 0 radical (unpaired) electrons. The van der Waals surface area contributed by atoms with E-state index in [0.717, 1.165) is 25.9 Å². The highest BCUT2D eigenvalue weighted by molar-refractivity contribution is 4.98. The highest BCUT2D eigenvalue weighted by Gasteiger charge is 2.46. The molecule has 21 heavy (non-hydrogen) atoms. The van der Waals surface area contributed by atoms with Crippen LogP contribution in [0.4, 0.5) is 0 Å². The zero-order chi connectivity index (χ0) is 15.9. The second-order valence-electron chi connectivity index (χ2n) is 7.75. The van der Waals surface area contributed by atoms with Crippen LogP contribution in [-0.2, 0) is 4.84 Å². The Morgan fingerprint density at radius 3 is 2.05 bits per heavy atom. The van der Waals surface area contributed by atoms with E-state index in [0.29, 0.717) is 0 Å². The Morgan fingerprint density at radius 2 is 1.52 bits per heavy atom. The van der Waals surface area contributed by atoms with E-state index in [2.05, 4.69) is 45.2 Å². The lowest BCUT2D eigenvalue weighted by Gasteiger charge is -2.53. The standard InChI is InChI=1S/C17H36N2O2/c1-6-7-8-9-10-11-12-21-19-16(2,3)13-15(18-20)14-17(19,4)5/h15,18,20H,6-14H2,1-5H3. The van der Waals surface area contributed by atoms with Gasteiger partial charge in [-0.15, -0.1) is 0 Å². The number of hydrogen-bond acceptors (Lipinski definition) is 4. The number of hydroxylamine groups is 3. The van der Waals surface area contributed by atoms with Crippen LogP contribution in [0.5, 0.6) is 0 Å². The van der Waals surface area contributed by atoms with Gasteiger partial charge in [0.2, 0.25) is 0 Å². The minimum Gasteiger partial charge on any atom is -0.317 e. The zero-order valence-electron chi connectivity index (χ0n) is 14.7. The Hall–Kier alpha value is -0.160. The molecule has 0 amide bonds. The predicted molar refractivity (Wildman–Crippen MR) is 87.3 cm³/mol. The van der Waals surface area contributed by atoms with E-state index in [4.69, 9.17) is 4.84 Å². The highest BCUT2D eigenvalue weighted by Crippen LogP contribution is 2.38. The first-order chi connectivity index (χ1) is 9.83. The molecule has 0 bridgehead atoms. The molecular weight excluding hydrogens is 264 g/mol. The monoisotopic (exact) mass is 300 g/mol. The predicted octanol–water partition coefficient (Wildman–Crippen LogP) is 4.28. The Balaban J connectivity index is 2.38. The molecule has 0 aromatic carbocycles. The van der Waals surface area contributed by atoms with Crippen LogP contribution in [-0.4, -0.2) is 34.0 Å². The van der Waals surface area contributed by atoms with Crippen molar-refractivity contribution in [2.45, 2.75) is 103 Å². The van der Waals surface area contributed by atoms with Crippen LogP contribution in [0.1, 0.15) is 86.0 Å². The summed E-state index contributed by atoms with van der Waals surface area (Å²) in [7, 11) is 0. The first-order valence-electron chi connectivity index (χ1n) is 8.66. The molecule has 0 unspecified atom stereocenters. The third-order valence-corrected chi connectivity index (χ3v) is 4.49. The van der Waals surface area contributed by atoms with Crippen molar-refractivity contribution in [3.63, 3.8) is 0 Å². The van der Waals surface area contributed by atoms with E-state index >= 15 is 0 Å². The summed E-state index contributed by atoms with van der Waals surface area (Å²) in [5.74, 6) is 0. The average molecular weight is 300 g/mol. The number of rotatable bonds is 9. The quantitative estimate of drug-likeness (QED) is 0.493. The van der Waals surface area contributed by atoms with Gasteiger partial charge in [0, 0.05) is 17.1 Å². The van der Waals surface area contributed by atoms with Gasteiger partial charge in [-0.1, -0.05) is 39.0 Å². The van der Waals surface area contributed by atoms with Crippen LogP contribution < -0.4 is 5.48 Å². The molecule has 0 aromatic rings. The first kappa shape index (κ1) is 18.9. The van der Waals surface area contributed by atoms with Gasteiger partial charge in [0.25, 0.3) is 0 Å². The summed E-state index contributed by atoms with van der Waals surface area (Å²) >= 11 is 0. The summed E-state index contributed by atoms with van der Waals surface area (Å²) in [5.41, 5.74) is 2.32. The number of nitrogens with zero attached hydrogens (tertiary/aromatic N) is 1. The van der Waals surface area contributed by atoms with Gasteiger partial charge >= 0.3 is 0 Å². The van der Waals surface area contributed by atoms with Crippen molar-refractivity contribution in [3.8, 4) is 0 Å². The second-order valence-corrected chi connectivity index (χ2v) is 7.75. The summed E-state index contributed by atoms with van der Waals surface area (Å²) in [4.78, 5) is 6.14. The minimum absolute atomic E-state index is 0.0651. The number of hydrogen-bond donors (Lipinski definition) is 2. The molecule has 0 atom stereocenters. The highest BCUT2D eigenvalue weighted by atomic mass is 16.7. The Bertz CT molecular complexity index is 275. The van der Waals surface area contributed by atoms with Gasteiger partial charge in [-0.05, 0) is 47.0 Å². The maximum Gasteiger partial charge on any atom is 0.0685 e. The zero-order valence-corrected chi connectivity index (χ0v) is 14.7. The van der Waals surface area contributed by atoms with Crippen LogP contribution in [0.25, 0.3) is 0 Å². The number of unbranched alkanes of at least 4 members (excludes halogenated alkanes) is 5. The molecule has 1 saturated heterocycles. The van der Waals surface area contributed by atoms with E-state index < -0.39 is 0 Å². The number of nitrogens with one attached hydrogen (secondary N) is 1. The van der Waals surface area contributed by atoms with Crippen molar-refractivity contribution in [2.24, 2.45) is 0 Å². The molecule has 1 aliphatic rings. The third kappa shape index (κ3) is 5.85. The van der Waals surface area contributed by atoms with Gasteiger partial charge in [-0.25, -0.2) is 5.48 Å². The second kappa shape index (κ2) is 8.47. The van der Waals surface area contributed by atoms with Crippen molar-refractivity contribution in [1.29, 1.82) is 0 Å². The fourth-order valence-corrected chi connectivity index (χ4v) is 3.74. The van der Waals surface area contributed by atoms with E-state index in [1.54, 1.807) is 0 Å². The molecule has 1 rings (SSSR count). The lowest BCUT2D eigenvalue weighted by Crippen LogP contribution is -2.63. The third-order valence-electron chi connectivity index (χ3n) is 4.49. The molecule has 1 fully saturated rings. The maximum absolute atomic E-state index is 9.25. The van der Waals surface area contributed by atoms with Crippen molar-refractivity contribution in [2.75, 3.05) is 6.61 Å². The van der Waals surface area contributed by atoms with Gasteiger partial charge < -0.3 is 5.21 Å². The van der Waals surface area contributed by atoms with Gasteiger partial charge in [-0.2, -0.15) is 5.06 Å². The van der Waals surface area contributed by atoms with Crippen LogP contribution in [0, 0.1) is 0 Å². The molecule has 1 aliphatic heterocycles. The molecule has 0 spiro atoms. The molecule has 4 nitrogen and oxygen atoms in total. The molecule has 1 heterocycles. The Kier molecular flexibility index (Phi) is 7.62. The molecular formula is C17H36N2O2.